The number of rotatable bonds is 0. The first-order valence-electron chi connectivity index (χ1n) is 16.4. The Bertz CT molecular complexity index is 342. The predicted octanol–water partition coefficient (Wildman–Crippen LogP) is 13.0. The zero-order valence-corrected chi connectivity index (χ0v) is 24.8. The molecule has 1 aliphatic rings. The molecule has 0 amide bonds. The summed E-state index contributed by atoms with van der Waals surface area (Å²) in [6.07, 6.45) is 41.2. The average molecular weight is 477 g/mol. The molecule has 0 atom stereocenters. The molecule has 0 spiro atoms. The standard InChI is InChI=1S/C34H68/c1-33(2)29-25-21-17-13-9-5-7-11-15-19-23-27-31-34(3,4)32-28-24-20-16-12-8-6-10-14-18-22-26-30-33/h5-32H2,1-4H3. The summed E-state index contributed by atoms with van der Waals surface area (Å²) < 4.78 is 0. The molecule has 0 nitrogen and oxygen atoms in total. The molecule has 0 N–H and O–H groups in total. The van der Waals surface area contributed by atoms with Crippen molar-refractivity contribution in [3.63, 3.8) is 0 Å². The van der Waals surface area contributed by atoms with Gasteiger partial charge in [0.25, 0.3) is 0 Å². The van der Waals surface area contributed by atoms with Crippen molar-refractivity contribution in [1.82, 2.24) is 0 Å². The lowest BCUT2D eigenvalue weighted by Crippen LogP contribution is -2.11. The fourth-order valence-corrected chi connectivity index (χ4v) is 6.20. The van der Waals surface area contributed by atoms with Crippen LogP contribution in [0.3, 0.4) is 0 Å². The molecular formula is C34H68. The summed E-state index contributed by atoms with van der Waals surface area (Å²) in [5, 5.41) is 0. The van der Waals surface area contributed by atoms with Crippen LogP contribution < -0.4 is 0 Å². The molecule has 0 aliphatic heterocycles. The summed E-state index contributed by atoms with van der Waals surface area (Å²) in [5.74, 6) is 0. The highest BCUT2D eigenvalue weighted by atomic mass is 14.2. The molecule has 1 fully saturated rings. The summed E-state index contributed by atoms with van der Waals surface area (Å²) in [7, 11) is 0. The molecule has 0 heteroatoms. The van der Waals surface area contributed by atoms with Crippen molar-refractivity contribution >= 4 is 0 Å². The van der Waals surface area contributed by atoms with Gasteiger partial charge in [-0.2, -0.15) is 0 Å². The van der Waals surface area contributed by atoms with Crippen molar-refractivity contribution < 1.29 is 0 Å². The Kier molecular flexibility index (Phi) is 19.9. The minimum atomic E-state index is 0.580. The van der Waals surface area contributed by atoms with Gasteiger partial charge in [0.05, 0.1) is 0 Å². The van der Waals surface area contributed by atoms with Crippen LogP contribution in [0, 0.1) is 10.8 Å². The van der Waals surface area contributed by atoms with E-state index < -0.39 is 0 Å². The molecule has 34 heavy (non-hydrogen) atoms. The molecule has 0 heterocycles. The third-order valence-corrected chi connectivity index (χ3v) is 8.91. The van der Waals surface area contributed by atoms with Gasteiger partial charge in [-0.15, -0.1) is 0 Å². The van der Waals surface area contributed by atoms with E-state index in [-0.39, 0.29) is 0 Å². The summed E-state index contributed by atoms with van der Waals surface area (Å²) in [6.45, 7) is 10.1. The van der Waals surface area contributed by atoms with Gasteiger partial charge < -0.3 is 0 Å². The van der Waals surface area contributed by atoms with Gasteiger partial charge in [-0.3, -0.25) is 0 Å². The van der Waals surface area contributed by atoms with Gasteiger partial charge in [-0.25, -0.2) is 0 Å². The van der Waals surface area contributed by atoms with Crippen molar-refractivity contribution in [3.8, 4) is 0 Å². The Hall–Kier alpha value is 0. The van der Waals surface area contributed by atoms with Crippen LogP contribution in [-0.2, 0) is 0 Å². The second kappa shape index (κ2) is 21.1. The van der Waals surface area contributed by atoms with E-state index in [9.17, 15) is 0 Å². The third-order valence-electron chi connectivity index (χ3n) is 8.91. The van der Waals surface area contributed by atoms with Crippen LogP contribution in [0.1, 0.15) is 207 Å². The Morgan fingerprint density at radius 1 is 0.206 bits per heavy atom. The highest BCUT2D eigenvalue weighted by Crippen LogP contribution is 2.32. The smallest absolute Gasteiger partial charge is 0.0354 e. The van der Waals surface area contributed by atoms with Crippen LogP contribution in [0.25, 0.3) is 0 Å². The van der Waals surface area contributed by atoms with Gasteiger partial charge >= 0.3 is 0 Å². The minimum absolute atomic E-state index is 0.580. The molecule has 1 saturated carbocycles. The van der Waals surface area contributed by atoms with Crippen LogP contribution in [0.15, 0.2) is 0 Å². The molecule has 1 rings (SSSR count). The van der Waals surface area contributed by atoms with Crippen molar-refractivity contribution in [2.45, 2.75) is 207 Å². The SMILES string of the molecule is CC1(C)CCCCCCCCCCCCCCC(C)(C)CCCCCCCCCCCCCC1. The second-order valence-corrected chi connectivity index (χ2v) is 13.8. The molecule has 0 unspecified atom stereocenters. The second-order valence-electron chi connectivity index (χ2n) is 13.8. The normalized spacial score (nSPS) is 25.8. The van der Waals surface area contributed by atoms with E-state index in [1.54, 1.807) is 0 Å². The Balaban J connectivity index is 2.22. The molecule has 0 aromatic heterocycles. The average Bonchev–Trinajstić information content (AvgIpc) is 2.78. The van der Waals surface area contributed by atoms with Crippen molar-refractivity contribution in [1.29, 1.82) is 0 Å². The fraction of sp³-hybridized carbons (Fsp3) is 1.00. The van der Waals surface area contributed by atoms with Crippen molar-refractivity contribution in [2.75, 3.05) is 0 Å². The largest absolute Gasteiger partial charge is 0.0599 e. The quantitative estimate of drug-likeness (QED) is 0.326. The molecular weight excluding hydrogens is 408 g/mol. The van der Waals surface area contributed by atoms with E-state index in [1.807, 2.05) is 0 Å². The highest BCUT2D eigenvalue weighted by molar-refractivity contribution is 4.70. The van der Waals surface area contributed by atoms with Gasteiger partial charge in [0.2, 0.25) is 0 Å². The summed E-state index contributed by atoms with van der Waals surface area (Å²) in [4.78, 5) is 0. The van der Waals surface area contributed by atoms with E-state index in [4.69, 9.17) is 0 Å². The predicted molar refractivity (Wildman–Crippen MR) is 157 cm³/mol. The highest BCUT2D eigenvalue weighted by Gasteiger charge is 2.17. The molecule has 0 saturated heterocycles. The summed E-state index contributed by atoms with van der Waals surface area (Å²) in [6, 6.07) is 0. The Morgan fingerprint density at radius 2 is 0.324 bits per heavy atom. The maximum absolute atomic E-state index is 2.52. The molecule has 0 aromatic carbocycles. The third kappa shape index (κ3) is 21.3. The van der Waals surface area contributed by atoms with Gasteiger partial charge in [0.15, 0.2) is 0 Å². The van der Waals surface area contributed by atoms with E-state index in [2.05, 4.69) is 27.7 Å². The molecule has 0 radical (unpaired) electrons. The zero-order valence-electron chi connectivity index (χ0n) is 24.8. The summed E-state index contributed by atoms with van der Waals surface area (Å²) >= 11 is 0. The fourth-order valence-electron chi connectivity index (χ4n) is 6.20. The topological polar surface area (TPSA) is 0 Å². The number of hydrogen-bond acceptors (Lipinski definition) is 0. The first kappa shape index (κ1) is 32.0. The lowest BCUT2D eigenvalue weighted by Gasteiger charge is -2.24. The molecule has 0 aromatic rings. The Labute approximate surface area is 218 Å². The van der Waals surface area contributed by atoms with Crippen LogP contribution in [0.4, 0.5) is 0 Å². The van der Waals surface area contributed by atoms with Gasteiger partial charge in [0.1, 0.15) is 0 Å². The zero-order chi connectivity index (χ0) is 24.8. The monoisotopic (exact) mass is 477 g/mol. The van der Waals surface area contributed by atoms with Crippen LogP contribution >= 0.6 is 0 Å². The van der Waals surface area contributed by atoms with Crippen LogP contribution in [0.5, 0.6) is 0 Å². The maximum atomic E-state index is 2.52. The maximum Gasteiger partial charge on any atom is -0.0354 e. The summed E-state index contributed by atoms with van der Waals surface area (Å²) in [5.41, 5.74) is 1.16. The first-order valence-corrected chi connectivity index (χ1v) is 16.4. The number of hydrogen-bond donors (Lipinski definition) is 0. The van der Waals surface area contributed by atoms with Gasteiger partial charge in [-0.05, 0) is 36.5 Å². The first-order chi connectivity index (χ1) is 16.4. The van der Waals surface area contributed by atoms with Crippen LogP contribution in [-0.4, -0.2) is 0 Å². The van der Waals surface area contributed by atoms with Crippen molar-refractivity contribution in [3.05, 3.63) is 0 Å². The van der Waals surface area contributed by atoms with E-state index in [1.165, 1.54) is 180 Å². The molecule has 204 valence electrons. The molecule has 0 bridgehead atoms. The minimum Gasteiger partial charge on any atom is -0.0599 e. The van der Waals surface area contributed by atoms with Crippen molar-refractivity contribution in [2.24, 2.45) is 10.8 Å². The van der Waals surface area contributed by atoms with E-state index >= 15 is 0 Å². The van der Waals surface area contributed by atoms with Gasteiger partial charge in [0, 0.05) is 0 Å². The van der Waals surface area contributed by atoms with E-state index in [0.29, 0.717) is 10.8 Å². The Morgan fingerprint density at radius 3 is 0.471 bits per heavy atom. The van der Waals surface area contributed by atoms with Crippen LogP contribution in [0.2, 0.25) is 0 Å². The van der Waals surface area contributed by atoms with Gasteiger partial charge in [-0.1, -0.05) is 182 Å². The lowest BCUT2D eigenvalue weighted by atomic mass is 9.81. The molecule has 1 aliphatic carbocycles. The van der Waals surface area contributed by atoms with E-state index in [0.717, 1.165) is 0 Å². The lowest BCUT2D eigenvalue weighted by molar-refractivity contribution is 0.281.